The maximum absolute atomic E-state index is 12.4. The fourth-order valence-corrected chi connectivity index (χ4v) is 4.66. The van der Waals surface area contributed by atoms with Crippen molar-refractivity contribution in [2.75, 3.05) is 30.0 Å². The van der Waals surface area contributed by atoms with Gasteiger partial charge in [0.05, 0.1) is 5.56 Å². The second kappa shape index (κ2) is 9.62. The van der Waals surface area contributed by atoms with Gasteiger partial charge >= 0.3 is 5.97 Å². The molecular formula is C25H30N4O4. The van der Waals surface area contributed by atoms with Crippen LogP contribution >= 0.6 is 0 Å². The van der Waals surface area contributed by atoms with Crippen molar-refractivity contribution in [2.45, 2.75) is 46.2 Å². The first-order valence-corrected chi connectivity index (χ1v) is 11.3. The van der Waals surface area contributed by atoms with Crippen LogP contribution in [-0.2, 0) is 11.3 Å². The minimum Gasteiger partial charge on any atom is -0.478 e. The summed E-state index contributed by atoms with van der Waals surface area (Å²) in [5.74, 6) is -0.430. The number of carboxylic acid groups (broad SMARTS) is 1. The summed E-state index contributed by atoms with van der Waals surface area (Å²) in [5.41, 5.74) is 3.30. The molecule has 0 bridgehead atoms. The molecule has 3 aromatic rings. The van der Waals surface area contributed by atoms with Crippen LogP contribution in [0.15, 0.2) is 35.3 Å². The molecule has 4 rings (SSSR count). The van der Waals surface area contributed by atoms with E-state index in [1.165, 1.54) is 0 Å². The first kappa shape index (κ1) is 22.8. The minimum atomic E-state index is -0.984. The number of fused-ring (bicyclic) bond motifs is 1. The number of rotatable bonds is 7. The Balaban J connectivity index is 1.77. The number of aromatic amines is 1. The van der Waals surface area contributed by atoms with E-state index in [0.717, 1.165) is 47.1 Å². The molecule has 3 heterocycles. The molecule has 3 N–H and O–H groups in total. The standard InChI is InChI=1S/C25H30N4O4/c1-4-29(18-6-9-33-10-7-18)22-13-17(25(31)32)12-20-19(22)5-8-26-23(20)27-14-21-15(2)11-16(3)28-24(21)30/h5,8,11-13,18H,4,6-7,9-10,14H2,1-3H3,(H,26,27)(H,28,30)(H,31,32). The molecular weight excluding hydrogens is 420 g/mol. The molecule has 174 valence electrons. The fraction of sp³-hybridized carbons (Fsp3) is 0.400. The summed E-state index contributed by atoms with van der Waals surface area (Å²) in [6.07, 6.45) is 3.52. The first-order valence-electron chi connectivity index (χ1n) is 11.3. The molecule has 0 amide bonds. The zero-order chi connectivity index (χ0) is 23.5. The monoisotopic (exact) mass is 450 g/mol. The number of carboxylic acids is 1. The molecule has 2 aromatic heterocycles. The third-order valence-electron chi connectivity index (χ3n) is 6.31. The van der Waals surface area contributed by atoms with Crippen LogP contribution in [0.4, 0.5) is 11.5 Å². The second-order valence-corrected chi connectivity index (χ2v) is 8.48. The maximum Gasteiger partial charge on any atom is 0.335 e. The highest BCUT2D eigenvalue weighted by Crippen LogP contribution is 2.34. The van der Waals surface area contributed by atoms with Crippen molar-refractivity contribution in [1.29, 1.82) is 0 Å². The molecule has 1 aliphatic heterocycles. The smallest absolute Gasteiger partial charge is 0.335 e. The summed E-state index contributed by atoms with van der Waals surface area (Å²) in [5, 5.41) is 14.7. The summed E-state index contributed by atoms with van der Waals surface area (Å²) >= 11 is 0. The lowest BCUT2D eigenvalue weighted by atomic mass is 10.0. The summed E-state index contributed by atoms with van der Waals surface area (Å²) in [4.78, 5) is 34.0. The molecule has 0 unspecified atom stereocenters. The SMILES string of the molecule is CCN(c1cc(C(=O)O)cc2c(NCc3c(C)cc(C)[nH]c3=O)nccc12)C1CCOCC1. The van der Waals surface area contributed by atoms with Gasteiger partial charge in [0.2, 0.25) is 0 Å². The number of pyridine rings is 2. The fourth-order valence-electron chi connectivity index (χ4n) is 4.66. The Morgan fingerprint density at radius 1 is 1.24 bits per heavy atom. The average Bonchev–Trinajstić information content (AvgIpc) is 2.79. The largest absolute Gasteiger partial charge is 0.478 e. The zero-order valence-corrected chi connectivity index (χ0v) is 19.3. The van der Waals surface area contributed by atoms with Crippen LogP contribution in [0.25, 0.3) is 10.8 Å². The van der Waals surface area contributed by atoms with Gasteiger partial charge in [-0.3, -0.25) is 4.79 Å². The van der Waals surface area contributed by atoms with E-state index in [4.69, 9.17) is 4.74 Å². The van der Waals surface area contributed by atoms with Gasteiger partial charge < -0.3 is 25.0 Å². The molecule has 1 saturated heterocycles. The van der Waals surface area contributed by atoms with E-state index in [1.807, 2.05) is 26.0 Å². The van der Waals surface area contributed by atoms with Gasteiger partial charge in [-0.25, -0.2) is 9.78 Å². The predicted octanol–water partition coefficient (Wildman–Crippen LogP) is 3.86. The number of benzene rings is 1. The third-order valence-corrected chi connectivity index (χ3v) is 6.31. The molecule has 8 heteroatoms. The van der Waals surface area contributed by atoms with Crippen LogP contribution in [0.1, 0.15) is 46.9 Å². The Labute approximate surface area is 192 Å². The Hall–Kier alpha value is -3.39. The van der Waals surface area contributed by atoms with Crippen LogP contribution in [0, 0.1) is 13.8 Å². The second-order valence-electron chi connectivity index (χ2n) is 8.48. The number of aromatic carboxylic acids is 1. The molecule has 1 fully saturated rings. The Bertz CT molecular complexity index is 1230. The Morgan fingerprint density at radius 3 is 2.67 bits per heavy atom. The number of carbonyl (C=O) groups is 1. The number of ether oxygens (including phenoxy) is 1. The van der Waals surface area contributed by atoms with Crippen LogP contribution < -0.4 is 15.8 Å². The summed E-state index contributed by atoms with van der Waals surface area (Å²) in [6, 6.07) is 7.55. The number of aryl methyl sites for hydroxylation is 2. The highest BCUT2D eigenvalue weighted by atomic mass is 16.5. The summed E-state index contributed by atoms with van der Waals surface area (Å²) < 4.78 is 5.53. The van der Waals surface area contributed by atoms with Crippen LogP contribution in [0.2, 0.25) is 0 Å². The molecule has 0 saturated carbocycles. The van der Waals surface area contributed by atoms with Gasteiger partial charge in [-0.1, -0.05) is 0 Å². The molecule has 1 aromatic carbocycles. The van der Waals surface area contributed by atoms with Gasteiger partial charge in [0, 0.05) is 66.3 Å². The predicted molar refractivity (Wildman–Crippen MR) is 129 cm³/mol. The molecule has 8 nitrogen and oxygen atoms in total. The van der Waals surface area contributed by atoms with E-state index < -0.39 is 5.97 Å². The number of H-pyrrole nitrogens is 1. The maximum atomic E-state index is 12.4. The third kappa shape index (κ3) is 4.71. The summed E-state index contributed by atoms with van der Waals surface area (Å²) in [6.45, 7) is 8.30. The van der Waals surface area contributed by atoms with Crippen molar-refractivity contribution in [1.82, 2.24) is 9.97 Å². The molecule has 33 heavy (non-hydrogen) atoms. The number of nitrogens with zero attached hydrogens (tertiary/aromatic N) is 2. The number of nitrogens with one attached hydrogen (secondary N) is 2. The summed E-state index contributed by atoms with van der Waals surface area (Å²) in [7, 11) is 0. The number of anilines is 2. The number of hydrogen-bond acceptors (Lipinski definition) is 6. The number of hydrogen-bond donors (Lipinski definition) is 3. The van der Waals surface area contributed by atoms with Gasteiger partial charge in [0.25, 0.3) is 5.56 Å². The lowest BCUT2D eigenvalue weighted by Gasteiger charge is -2.36. The van der Waals surface area contributed by atoms with E-state index >= 15 is 0 Å². The van der Waals surface area contributed by atoms with Crippen LogP contribution in [-0.4, -0.2) is 46.8 Å². The van der Waals surface area contributed by atoms with Crippen molar-refractivity contribution in [3.8, 4) is 0 Å². The van der Waals surface area contributed by atoms with Gasteiger partial charge in [0.15, 0.2) is 0 Å². The topological polar surface area (TPSA) is 108 Å². The number of aromatic nitrogens is 2. The van der Waals surface area contributed by atoms with Gasteiger partial charge in [-0.05, 0) is 63.4 Å². The van der Waals surface area contributed by atoms with Crippen LogP contribution in [0.5, 0.6) is 0 Å². The first-order chi connectivity index (χ1) is 15.9. The average molecular weight is 451 g/mol. The van der Waals surface area contributed by atoms with Crippen molar-refractivity contribution in [3.05, 3.63) is 63.2 Å². The van der Waals surface area contributed by atoms with Gasteiger partial charge in [-0.2, -0.15) is 0 Å². The highest BCUT2D eigenvalue weighted by Gasteiger charge is 2.24. The van der Waals surface area contributed by atoms with Crippen molar-refractivity contribution in [3.63, 3.8) is 0 Å². The molecule has 0 atom stereocenters. The zero-order valence-electron chi connectivity index (χ0n) is 19.3. The minimum absolute atomic E-state index is 0.135. The highest BCUT2D eigenvalue weighted by molar-refractivity contribution is 6.05. The normalized spacial score (nSPS) is 14.4. The van der Waals surface area contributed by atoms with E-state index in [0.29, 0.717) is 24.6 Å². The van der Waals surface area contributed by atoms with Gasteiger partial charge in [-0.15, -0.1) is 0 Å². The Kier molecular flexibility index (Phi) is 6.65. The molecule has 1 aliphatic rings. The van der Waals surface area contributed by atoms with Gasteiger partial charge in [0.1, 0.15) is 5.82 Å². The Morgan fingerprint density at radius 2 is 2.00 bits per heavy atom. The van der Waals surface area contributed by atoms with E-state index in [-0.39, 0.29) is 23.7 Å². The quantitative estimate of drug-likeness (QED) is 0.502. The van der Waals surface area contributed by atoms with Crippen molar-refractivity contribution in [2.24, 2.45) is 0 Å². The lowest BCUT2D eigenvalue weighted by molar-refractivity contribution is 0.0696. The molecule has 0 aliphatic carbocycles. The molecule has 0 radical (unpaired) electrons. The van der Waals surface area contributed by atoms with Crippen LogP contribution in [0.3, 0.4) is 0 Å². The van der Waals surface area contributed by atoms with Crippen molar-refractivity contribution >= 4 is 28.2 Å². The molecule has 0 spiro atoms. The van der Waals surface area contributed by atoms with E-state index in [2.05, 4.69) is 27.1 Å². The van der Waals surface area contributed by atoms with E-state index in [1.54, 1.807) is 18.3 Å². The van der Waals surface area contributed by atoms with Crippen molar-refractivity contribution < 1.29 is 14.6 Å². The van der Waals surface area contributed by atoms with E-state index in [9.17, 15) is 14.7 Å². The lowest BCUT2D eigenvalue weighted by Crippen LogP contribution is -2.39.